The second-order valence-corrected chi connectivity index (χ2v) is 9.61. The summed E-state index contributed by atoms with van der Waals surface area (Å²) in [5.41, 5.74) is 3.14. The minimum absolute atomic E-state index is 0.222. The van der Waals surface area contributed by atoms with Crippen molar-refractivity contribution >= 4 is 34.2 Å². The molecule has 3 nitrogen and oxygen atoms in total. The van der Waals surface area contributed by atoms with Gasteiger partial charge in [-0.2, -0.15) is 0 Å². The molecule has 1 aliphatic carbocycles. The number of aromatic carboxylic acids is 1. The summed E-state index contributed by atoms with van der Waals surface area (Å²) in [5, 5.41) is 9.31. The number of benzene rings is 1. The van der Waals surface area contributed by atoms with Gasteiger partial charge in [0.15, 0.2) is 0 Å². The number of halogens is 1. The van der Waals surface area contributed by atoms with E-state index >= 15 is 0 Å². The summed E-state index contributed by atoms with van der Waals surface area (Å²) in [6, 6.07) is 6.21. The Bertz CT molecular complexity index is 608. The molecule has 1 heterocycles. The van der Waals surface area contributed by atoms with Gasteiger partial charge in [0.1, 0.15) is 0 Å². The van der Waals surface area contributed by atoms with Gasteiger partial charge in [-0.05, 0) is 41.5 Å². The van der Waals surface area contributed by atoms with Crippen molar-refractivity contribution < 1.29 is 9.90 Å². The summed E-state index contributed by atoms with van der Waals surface area (Å²) >= 11 is 2.59. The van der Waals surface area contributed by atoms with Crippen LogP contribution in [0, 0.1) is 11.3 Å². The van der Waals surface area contributed by atoms with Gasteiger partial charge >= 0.3 is 5.97 Å². The van der Waals surface area contributed by atoms with E-state index in [1.165, 1.54) is 17.7 Å². The van der Waals surface area contributed by atoms with E-state index in [0.29, 0.717) is 27.4 Å². The van der Waals surface area contributed by atoms with Crippen LogP contribution >= 0.6 is 22.6 Å². The number of nitrogens with zero attached hydrogens (tertiary/aromatic N) is 1. The van der Waals surface area contributed by atoms with Crippen molar-refractivity contribution in [3.8, 4) is 0 Å². The Morgan fingerprint density at radius 2 is 2.09 bits per heavy atom. The maximum absolute atomic E-state index is 11.3. The van der Waals surface area contributed by atoms with E-state index in [2.05, 4.69) is 55.2 Å². The number of hydrogen-bond acceptors (Lipinski definition) is 2. The predicted octanol–water partition coefficient (Wildman–Crippen LogP) is 4.55. The van der Waals surface area contributed by atoms with E-state index in [-0.39, 0.29) is 5.41 Å². The summed E-state index contributed by atoms with van der Waals surface area (Å²) in [7, 11) is 0. The van der Waals surface area contributed by atoms with Crippen molar-refractivity contribution in [2.24, 2.45) is 11.3 Å². The van der Waals surface area contributed by atoms with Crippen LogP contribution in [0.25, 0.3) is 0 Å². The molecule has 120 valence electrons. The average molecular weight is 413 g/mol. The third kappa shape index (κ3) is 2.63. The number of anilines is 1. The molecule has 22 heavy (non-hydrogen) atoms. The fourth-order valence-corrected chi connectivity index (χ4v) is 5.80. The Morgan fingerprint density at radius 3 is 2.68 bits per heavy atom. The molecule has 3 rings (SSSR count). The quantitative estimate of drug-likeness (QED) is 0.572. The first-order valence-electron chi connectivity index (χ1n) is 7.97. The molecule has 4 unspecified atom stereocenters. The zero-order valence-corrected chi connectivity index (χ0v) is 15.8. The van der Waals surface area contributed by atoms with Crippen molar-refractivity contribution in [3.63, 3.8) is 0 Å². The Kier molecular flexibility index (Phi) is 3.94. The van der Waals surface area contributed by atoms with Gasteiger partial charge in [0.25, 0.3) is 0 Å². The topological polar surface area (TPSA) is 40.5 Å². The minimum atomic E-state index is -0.828. The first-order valence-corrected chi connectivity index (χ1v) is 9.21. The molecule has 2 aliphatic rings. The van der Waals surface area contributed by atoms with Crippen molar-refractivity contribution in [1.29, 1.82) is 0 Å². The van der Waals surface area contributed by atoms with Crippen LogP contribution in [0.4, 0.5) is 5.69 Å². The van der Waals surface area contributed by atoms with Crippen LogP contribution in [0.1, 0.15) is 56.0 Å². The number of carbonyl (C=O) groups is 1. The molecule has 0 saturated heterocycles. The average Bonchev–Trinajstić information content (AvgIpc) is 2.85. The lowest BCUT2D eigenvalue weighted by molar-refractivity contribution is 0.0696. The van der Waals surface area contributed by atoms with Crippen LogP contribution in [0.2, 0.25) is 0 Å². The summed E-state index contributed by atoms with van der Waals surface area (Å²) in [6.07, 6.45) is 1.22. The highest BCUT2D eigenvalue weighted by atomic mass is 127. The van der Waals surface area contributed by atoms with Crippen LogP contribution in [0.5, 0.6) is 0 Å². The number of rotatable bonds is 2. The highest BCUT2D eigenvalue weighted by Crippen LogP contribution is 2.54. The van der Waals surface area contributed by atoms with E-state index in [1.54, 1.807) is 6.07 Å². The van der Waals surface area contributed by atoms with Crippen molar-refractivity contribution in [1.82, 2.24) is 0 Å². The SMILES string of the molecule is CC1CC(I)C2C1c1cc(C(=O)O)ccc1N2CC(C)(C)C. The smallest absolute Gasteiger partial charge is 0.335 e. The van der Waals surface area contributed by atoms with E-state index in [4.69, 9.17) is 0 Å². The molecule has 0 bridgehead atoms. The van der Waals surface area contributed by atoms with E-state index in [0.717, 1.165) is 6.54 Å². The lowest BCUT2D eigenvalue weighted by atomic mass is 9.89. The highest BCUT2D eigenvalue weighted by molar-refractivity contribution is 14.1. The number of alkyl halides is 1. The second-order valence-electron chi connectivity index (χ2n) is 8.01. The molecule has 1 aromatic carbocycles. The van der Waals surface area contributed by atoms with Gasteiger partial charge in [0, 0.05) is 28.1 Å². The van der Waals surface area contributed by atoms with Gasteiger partial charge in [-0.15, -0.1) is 0 Å². The van der Waals surface area contributed by atoms with Gasteiger partial charge in [0.05, 0.1) is 5.56 Å². The van der Waals surface area contributed by atoms with Gasteiger partial charge in [-0.3, -0.25) is 0 Å². The first-order chi connectivity index (χ1) is 10.2. The number of hydrogen-bond donors (Lipinski definition) is 1. The van der Waals surface area contributed by atoms with Crippen LogP contribution in [0.15, 0.2) is 18.2 Å². The maximum atomic E-state index is 11.3. The normalized spacial score (nSPS) is 30.3. The van der Waals surface area contributed by atoms with Crippen molar-refractivity contribution in [2.75, 3.05) is 11.4 Å². The lowest BCUT2D eigenvalue weighted by Gasteiger charge is -2.35. The monoisotopic (exact) mass is 413 g/mol. The summed E-state index contributed by atoms with van der Waals surface area (Å²) in [4.78, 5) is 13.9. The largest absolute Gasteiger partial charge is 0.478 e. The molecule has 0 amide bonds. The summed E-state index contributed by atoms with van der Waals surface area (Å²) in [6.45, 7) is 10.1. The molecule has 1 fully saturated rings. The summed E-state index contributed by atoms with van der Waals surface area (Å²) < 4.78 is 0.626. The zero-order chi connectivity index (χ0) is 16.2. The summed E-state index contributed by atoms with van der Waals surface area (Å²) in [5.74, 6) is 0.253. The molecule has 1 aliphatic heterocycles. The van der Waals surface area contributed by atoms with Crippen molar-refractivity contribution in [2.45, 2.75) is 50.0 Å². The van der Waals surface area contributed by atoms with Gasteiger partial charge in [0.2, 0.25) is 0 Å². The Hall–Kier alpha value is -0.780. The first kappa shape index (κ1) is 16.1. The van der Waals surface area contributed by atoms with Gasteiger partial charge in [-0.1, -0.05) is 50.3 Å². The van der Waals surface area contributed by atoms with Crippen LogP contribution < -0.4 is 4.90 Å². The molecular weight excluding hydrogens is 389 g/mol. The molecule has 1 saturated carbocycles. The van der Waals surface area contributed by atoms with E-state index < -0.39 is 5.97 Å². The molecule has 1 N–H and O–H groups in total. The van der Waals surface area contributed by atoms with Gasteiger partial charge < -0.3 is 10.0 Å². The highest BCUT2D eigenvalue weighted by Gasteiger charge is 2.50. The molecule has 0 spiro atoms. The predicted molar refractivity (Wildman–Crippen MR) is 98.3 cm³/mol. The molecule has 0 aromatic heterocycles. The van der Waals surface area contributed by atoms with Crippen LogP contribution in [-0.4, -0.2) is 27.6 Å². The Labute approximate surface area is 146 Å². The standard InChI is InChI=1S/C18H24INO2/c1-10-7-13(19)16-15(10)12-8-11(17(21)22)5-6-14(12)20(16)9-18(2,3)4/h5-6,8,10,13,15-16H,7,9H2,1-4H3,(H,21,22). The van der Waals surface area contributed by atoms with Crippen LogP contribution in [0.3, 0.4) is 0 Å². The molecule has 0 radical (unpaired) electrons. The number of carboxylic acid groups (broad SMARTS) is 1. The third-order valence-electron chi connectivity index (χ3n) is 4.90. The number of carboxylic acids is 1. The molecule has 1 aromatic rings. The van der Waals surface area contributed by atoms with E-state index in [1.807, 2.05) is 12.1 Å². The Morgan fingerprint density at radius 1 is 1.41 bits per heavy atom. The minimum Gasteiger partial charge on any atom is -0.478 e. The van der Waals surface area contributed by atoms with E-state index in [9.17, 15) is 9.90 Å². The third-order valence-corrected chi connectivity index (χ3v) is 6.14. The molecular formula is C18H24INO2. The fraction of sp³-hybridized carbons (Fsp3) is 0.611. The lowest BCUT2D eigenvalue weighted by Crippen LogP contribution is -2.42. The maximum Gasteiger partial charge on any atom is 0.335 e. The molecule has 4 heteroatoms. The van der Waals surface area contributed by atoms with Crippen LogP contribution in [-0.2, 0) is 0 Å². The second kappa shape index (κ2) is 5.39. The van der Waals surface area contributed by atoms with Gasteiger partial charge in [-0.25, -0.2) is 4.79 Å². The fourth-order valence-electron chi connectivity index (χ4n) is 4.16. The zero-order valence-electron chi connectivity index (χ0n) is 13.6. The van der Waals surface area contributed by atoms with Crippen molar-refractivity contribution in [3.05, 3.63) is 29.3 Å². The number of fused-ring (bicyclic) bond motifs is 3. The Balaban J connectivity index is 2.08. The molecule has 4 atom stereocenters.